The van der Waals surface area contributed by atoms with Crippen LogP contribution in [0.15, 0.2) is 79.8 Å². The Balaban J connectivity index is 1.61. The van der Waals surface area contributed by atoms with Crippen molar-refractivity contribution in [2.75, 3.05) is 6.54 Å². The highest BCUT2D eigenvalue weighted by Crippen LogP contribution is 2.09. The highest BCUT2D eigenvalue weighted by Gasteiger charge is 2.07. The Morgan fingerprint density at radius 2 is 1.64 bits per heavy atom. The number of benzene rings is 1. The summed E-state index contributed by atoms with van der Waals surface area (Å²) in [7, 11) is -3.70. The summed E-state index contributed by atoms with van der Waals surface area (Å²) >= 11 is 0. The van der Waals surface area contributed by atoms with E-state index in [4.69, 9.17) is 14.0 Å². The van der Waals surface area contributed by atoms with Gasteiger partial charge in [-0.2, -0.15) is 0 Å². The topological polar surface area (TPSA) is 123 Å². The van der Waals surface area contributed by atoms with Crippen molar-refractivity contribution in [1.82, 2.24) is 10.6 Å². The molecule has 4 N–H and O–H groups in total. The first kappa shape index (κ1) is 19.7. The third-order valence-electron chi connectivity index (χ3n) is 3.93. The predicted molar refractivity (Wildman–Crippen MR) is 105 cm³/mol. The zero-order chi connectivity index (χ0) is 19.8. The highest BCUT2D eigenvalue weighted by atomic mass is 32.2. The van der Waals surface area contributed by atoms with E-state index >= 15 is 0 Å². The van der Waals surface area contributed by atoms with E-state index in [2.05, 4.69) is 15.6 Å². The fraction of sp³-hybridized carbons (Fsp3) is 0.211. The molecule has 0 aliphatic rings. The lowest BCUT2D eigenvalue weighted by Gasteiger charge is -2.11. The number of primary sulfonamides is 1. The Hall–Kier alpha value is -3.04. The van der Waals surface area contributed by atoms with Gasteiger partial charge in [-0.05, 0) is 42.0 Å². The van der Waals surface area contributed by atoms with Crippen LogP contribution in [0.2, 0.25) is 0 Å². The van der Waals surface area contributed by atoms with Gasteiger partial charge >= 0.3 is 0 Å². The molecule has 3 rings (SSSR count). The van der Waals surface area contributed by atoms with Crippen molar-refractivity contribution < 1.29 is 17.3 Å². The molecule has 0 aliphatic heterocycles. The maximum Gasteiger partial charge on any atom is 0.238 e. The number of hydrogen-bond acceptors (Lipinski definition) is 5. The molecule has 0 unspecified atom stereocenters. The molecule has 148 valence electrons. The van der Waals surface area contributed by atoms with Gasteiger partial charge in [0.25, 0.3) is 0 Å². The largest absolute Gasteiger partial charge is 0.469 e. The zero-order valence-corrected chi connectivity index (χ0v) is 16.0. The van der Waals surface area contributed by atoms with Crippen molar-refractivity contribution in [1.29, 1.82) is 0 Å². The normalized spacial score (nSPS) is 12.1. The van der Waals surface area contributed by atoms with Crippen molar-refractivity contribution in [3.05, 3.63) is 78.1 Å². The van der Waals surface area contributed by atoms with Gasteiger partial charge in [-0.15, -0.1) is 0 Å². The third kappa shape index (κ3) is 6.00. The van der Waals surface area contributed by atoms with Crippen molar-refractivity contribution in [3.8, 4) is 0 Å². The second-order valence-electron chi connectivity index (χ2n) is 6.04. The van der Waals surface area contributed by atoms with Gasteiger partial charge < -0.3 is 19.5 Å². The molecule has 0 spiro atoms. The summed E-state index contributed by atoms with van der Waals surface area (Å²) < 4.78 is 33.3. The summed E-state index contributed by atoms with van der Waals surface area (Å²) in [5.74, 6) is 2.29. The van der Waals surface area contributed by atoms with Gasteiger partial charge in [-0.25, -0.2) is 18.5 Å². The first-order chi connectivity index (χ1) is 13.5. The predicted octanol–water partition coefficient (Wildman–Crippen LogP) is 2.00. The second-order valence-corrected chi connectivity index (χ2v) is 7.60. The lowest BCUT2D eigenvalue weighted by molar-refractivity contribution is 0.498. The first-order valence-corrected chi connectivity index (χ1v) is 10.2. The van der Waals surface area contributed by atoms with Crippen LogP contribution in [0.5, 0.6) is 0 Å². The van der Waals surface area contributed by atoms with E-state index in [9.17, 15) is 8.42 Å². The fourth-order valence-corrected chi connectivity index (χ4v) is 2.99. The Bertz CT molecular complexity index is 979. The maximum absolute atomic E-state index is 11.3. The molecule has 0 saturated carbocycles. The molecule has 0 amide bonds. The van der Waals surface area contributed by atoms with Crippen molar-refractivity contribution in [2.24, 2.45) is 10.1 Å². The van der Waals surface area contributed by atoms with Crippen LogP contribution in [0.1, 0.15) is 17.1 Å². The standard InChI is InChI=1S/C19H22N4O4S/c20-28(24,25)18-7-5-15(6-8-18)13-22-19(23-14-17-4-2-12-27-17)21-10-9-16-3-1-11-26-16/h1-8,11-12H,9-10,13-14H2,(H2,20,24,25)(H2,21,22,23). The fourth-order valence-electron chi connectivity index (χ4n) is 2.47. The Morgan fingerprint density at radius 3 is 2.25 bits per heavy atom. The molecule has 0 atom stereocenters. The molecule has 0 saturated heterocycles. The van der Waals surface area contributed by atoms with Crippen LogP contribution in [0.4, 0.5) is 0 Å². The van der Waals surface area contributed by atoms with E-state index in [1.54, 1.807) is 24.7 Å². The molecule has 2 heterocycles. The summed E-state index contributed by atoms with van der Waals surface area (Å²) in [4.78, 5) is 4.62. The number of rotatable bonds is 8. The molecule has 8 nitrogen and oxygen atoms in total. The molecule has 2 aromatic heterocycles. The molecule has 1 aromatic carbocycles. The monoisotopic (exact) mass is 402 g/mol. The van der Waals surface area contributed by atoms with E-state index in [1.807, 2.05) is 24.3 Å². The molecular formula is C19H22N4O4S. The molecule has 3 aromatic rings. The van der Waals surface area contributed by atoms with Gasteiger partial charge in [0.05, 0.1) is 30.5 Å². The van der Waals surface area contributed by atoms with Crippen LogP contribution in [-0.2, 0) is 29.5 Å². The number of furan rings is 2. The summed E-state index contributed by atoms with van der Waals surface area (Å²) in [6, 6.07) is 13.8. The number of sulfonamides is 1. The minimum atomic E-state index is -3.70. The minimum absolute atomic E-state index is 0.0768. The van der Waals surface area contributed by atoms with Crippen LogP contribution >= 0.6 is 0 Å². The number of hydrogen-bond donors (Lipinski definition) is 3. The van der Waals surface area contributed by atoms with Crippen LogP contribution in [0.3, 0.4) is 0 Å². The first-order valence-electron chi connectivity index (χ1n) is 8.69. The zero-order valence-electron chi connectivity index (χ0n) is 15.2. The highest BCUT2D eigenvalue weighted by molar-refractivity contribution is 7.89. The van der Waals surface area contributed by atoms with Crippen LogP contribution in [0.25, 0.3) is 0 Å². The van der Waals surface area contributed by atoms with E-state index in [0.29, 0.717) is 25.6 Å². The molecule has 0 radical (unpaired) electrons. The van der Waals surface area contributed by atoms with Gasteiger partial charge in [0.2, 0.25) is 10.0 Å². The summed E-state index contributed by atoms with van der Waals surface area (Å²) in [6.45, 7) is 1.50. The van der Waals surface area contributed by atoms with Gasteiger partial charge in [-0.1, -0.05) is 12.1 Å². The molecule has 0 bridgehead atoms. The molecule has 9 heteroatoms. The lowest BCUT2D eigenvalue weighted by Crippen LogP contribution is -2.38. The Labute approximate surface area is 163 Å². The number of nitrogens with two attached hydrogens (primary N) is 1. The van der Waals surface area contributed by atoms with Gasteiger partial charge in [0, 0.05) is 13.0 Å². The van der Waals surface area contributed by atoms with Crippen LogP contribution < -0.4 is 15.8 Å². The third-order valence-corrected chi connectivity index (χ3v) is 4.85. The number of aliphatic imine (C=N–C) groups is 1. The van der Waals surface area contributed by atoms with E-state index in [1.165, 1.54) is 12.1 Å². The van der Waals surface area contributed by atoms with Crippen LogP contribution in [0, 0.1) is 0 Å². The van der Waals surface area contributed by atoms with E-state index in [0.717, 1.165) is 23.5 Å². The average molecular weight is 402 g/mol. The van der Waals surface area contributed by atoms with Crippen LogP contribution in [-0.4, -0.2) is 20.9 Å². The Morgan fingerprint density at radius 1 is 0.964 bits per heavy atom. The molecule has 28 heavy (non-hydrogen) atoms. The van der Waals surface area contributed by atoms with Crippen molar-refractivity contribution in [2.45, 2.75) is 24.4 Å². The second kappa shape index (κ2) is 9.25. The lowest BCUT2D eigenvalue weighted by atomic mass is 10.2. The molecule has 0 fully saturated rings. The summed E-state index contributed by atoms with van der Waals surface area (Å²) in [5, 5.41) is 11.6. The summed E-state index contributed by atoms with van der Waals surface area (Å²) in [6.07, 6.45) is 3.98. The molecule has 0 aliphatic carbocycles. The van der Waals surface area contributed by atoms with E-state index < -0.39 is 10.0 Å². The maximum atomic E-state index is 11.3. The Kier molecular flexibility index (Phi) is 6.51. The average Bonchev–Trinajstić information content (AvgIpc) is 3.37. The smallest absolute Gasteiger partial charge is 0.238 e. The van der Waals surface area contributed by atoms with Gasteiger partial charge in [-0.3, -0.25) is 0 Å². The number of nitrogens with zero attached hydrogens (tertiary/aromatic N) is 1. The number of nitrogens with one attached hydrogen (secondary N) is 2. The quantitative estimate of drug-likeness (QED) is 0.391. The van der Waals surface area contributed by atoms with Crippen molar-refractivity contribution >= 4 is 16.0 Å². The number of guanidine groups is 1. The SMILES string of the molecule is NS(=O)(=O)c1ccc(CN=C(NCCc2ccco2)NCc2ccco2)cc1. The van der Waals surface area contributed by atoms with E-state index in [-0.39, 0.29) is 4.90 Å². The molecular weight excluding hydrogens is 380 g/mol. The van der Waals surface area contributed by atoms with Crippen molar-refractivity contribution in [3.63, 3.8) is 0 Å². The summed E-state index contributed by atoms with van der Waals surface area (Å²) in [5.41, 5.74) is 0.859. The minimum Gasteiger partial charge on any atom is -0.469 e. The van der Waals surface area contributed by atoms with Gasteiger partial charge in [0.1, 0.15) is 11.5 Å². The van der Waals surface area contributed by atoms with Gasteiger partial charge in [0.15, 0.2) is 5.96 Å².